The van der Waals surface area contributed by atoms with Crippen molar-refractivity contribution in [3.05, 3.63) is 34.4 Å². The molecule has 0 spiro atoms. The summed E-state index contributed by atoms with van der Waals surface area (Å²) in [5.41, 5.74) is 3.24. The van der Waals surface area contributed by atoms with Crippen molar-refractivity contribution in [1.82, 2.24) is 9.55 Å². The zero-order valence-corrected chi connectivity index (χ0v) is 11.3. The molecule has 1 aromatic carbocycles. The lowest BCUT2D eigenvalue weighted by atomic mass is 10.1. The number of nitrogens with zero attached hydrogens (tertiary/aromatic N) is 5. The van der Waals surface area contributed by atoms with Gasteiger partial charge in [0.2, 0.25) is 0 Å². The van der Waals surface area contributed by atoms with Gasteiger partial charge in [0, 0.05) is 13.6 Å². The van der Waals surface area contributed by atoms with E-state index in [1.807, 2.05) is 19.1 Å². The molecular weight excluding hydrogens is 254 g/mol. The molecule has 6 nitrogen and oxygen atoms in total. The van der Waals surface area contributed by atoms with Crippen LogP contribution in [-0.4, -0.2) is 28.3 Å². The molecule has 20 heavy (non-hydrogen) atoms. The van der Waals surface area contributed by atoms with Crippen LogP contribution in [0.4, 0.5) is 0 Å². The number of benzene rings is 1. The predicted molar refractivity (Wildman–Crippen MR) is 72.5 cm³/mol. The van der Waals surface area contributed by atoms with Gasteiger partial charge in [0.25, 0.3) is 0 Å². The molecule has 0 radical (unpaired) electrons. The third-order valence-corrected chi connectivity index (χ3v) is 3.05. The van der Waals surface area contributed by atoms with E-state index < -0.39 is 0 Å². The third-order valence-electron chi connectivity index (χ3n) is 3.05. The van der Waals surface area contributed by atoms with Crippen LogP contribution in [0.3, 0.4) is 0 Å². The van der Waals surface area contributed by atoms with Crippen LogP contribution >= 0.6 is 0 Å². The number of fused-ring (bicyclic) bond motifs is 1. The summed E-state index contributed by atoms with van der Waals surface area (Å²) in [5, 5.41) is 27.4. The van der Waals surface area contributed by atoms with Gasteiger partial charge in [-0.3, -0.25) is 4.99 Å². The van der Waals surface area contributed by atoms with Crippen molar-refractivity contribution < 1.29 is 5.11 Å². The highest BCUT2D eigenvalue weighted by Gasteiger charge is 2.10. The second-order valence-electron chi connectivity index (χ2n) is 4.23. The lowest BCUT2D eigenvalue weighted by molar-refractivity contribution is 0.275. The Morgan fingerprint density at radius 2 is 1.95 bits per heavy atom. The van der Waals surface area contributed by atoms with Crippen LogP contribution in [0.25, 0.3) is 11.0 Å². The molecule has 0 bridgehead atoms. The van der Waals surface area contributed by atoms with Gasteiger partial charge in [0.1, 0.15) is 17.6 Å². The van der Waals surface area contributed by atoms with Gasteiger partial charge in [-0.1, -0.05) is 0 Å². The molecule has 2 rings (SSSR count). The van der Waals surface area contributed by atoms with Crippen LogP contribution in [-0.2, 0) is 6.54 Å². The largest absolute Gasteiger partial charge is 0.395 e. The maximum Gasteiger partial charge on any atom is 0.149 e. The van der Waals surface area contributed by atoms with Gasteiger partial charge in [-0.15, -0.1) is 0 Å². The molecule has 0 saturated heterocycles. The molecule has 0 fully saturated rings. The van der Waals surface area contributed by atoms with Crippen molar-refractivity contribution in [1.29, 1.82) is 10.5 Å². The molecular formula is C14H13N5O. The van der Waals surface area contributed by atoms with E-state index in [0.29, 0.717) is 39.9 Å². The lowest BCUT2D eigenvalue weighted by Gasteiger charge is -2.12. The molecule has 0 unspecified atom stereocenters. The average Bonchev–Trinajstić information content (AvgIpc) is 2.46. The molecule has 1 aromatic heterocycles. The quantitative estimate of drug-likeness (QED) is 0.861. The molecule has 0 aliphatic rings. The lowest BCUT2D eigenvalue weighted by Crippen LogP contribution is -2.27. The van der Waals surface area contributed by atoms with E-state index in [1.54, 1.807) is 23.7 Å². The average molecular weight is 267 g/mol. The zero-order chi connectivity index (χ0) is 14.7. The van der Waals surface area contributed by atoms with E-state index in [-0.39, 0.29) is 6.61 Å². The summed E-state index contributed by atoms with van der Waals surface area (Å²) in [6.07, 6.45) is 0. The Balaban J connectivity index is 2.98. The summed E-state index contributed by atoms with van der Waals surface area (Å²) in [6.45, 7) is 2.12. The molecule has 0 aliphatic heterocycles. The Labute approximate surface area is 115 Å². The van der Waals surface area contributed by atoms with E-state index in [1.165, 1.54) is 0 Å². The molecule has 0 atom stereocenters. The van der Waals surface area contributed by atoms with Gasteiger partial charge >= 0.3 is 0 Å². The number of aliphatic hydroxyl groups excluding tert-OH is 1. The van der Waals surface area contributed by atoms with Crippen molar-refractivity contribution >= 4 is 11.0 Å². The summed E-state index contributed by atoms with van der Waals surface area (Å²) in [7, 11) is 1.65. The van der Waals surface area contributed by atoms with Gasteiger partial charge in [0.15, 0.2) is 0 Å². The SMILES string of the molecule is CN=c1c(C)nc2cc(C#N)c(C#N)cc2n1CCO. The fraction of sp³-hybridized carbons (Fsp3) is 0.286. The molecule has 1 N–H and O–H groups in total. The van der Waals surface area contributed by atoms with E-state index in [0.717, 1.165) is 0 Å². The third kappa shape index (κ3) is 2.13. The zero-order valence-electron chi connectivity index (χ0n) is 11.3. The van der Waals surface area contributed by atoms with Crippen LogP contribution in [0.5, 0.6) is 0 Å². The fourth-order valence-corrected chi connectivity index (χ4v) is 2.22. The molecule has 6 heteroatoms. The first-order valence-electron chi connectivity index (χ1n) is 6.05. The highest BCUT2D eigenvalue weighted by Crippen LogP contribution is 2.17. The molecule has 0 amide bonds. The first-order valence-corrected chi connectivity index (χ1v) is 6.05. The Hall–Kier alpha value is -2.70. The smallest absolute Gasteiger partial charge is 0.149 e. The maximum atomic E-state index is 9.22. The van der Waals surface area contributed by atoms with Crippen LogP contribution in [0.15, 0.2) is 17.1 Å². The molecule has 100 valence electrons. The molecule has 2 aromatic rings. The van der Waals surface area contributed by atoms with Crippen molar-refractivity contribution in [2.45, 2.75) is 13.5 Å². The van der Waals surface area contributed by atoms with Gasteiger partial charge in [-0.2, -0.15) is 10.5 Å². The number of rotatable bonds is 2. The maximum absolute atomic E-state index is 9.22. The van der Waals surface area contributed by atoms with Gasteiger partial charge in [0.05, 0.1) is 34.5 Å². The summed E-state index contributed by atoms with van der Waals surface area (Å²) < 4.78 is 1.81. The van der Waals surface area contributed by atoms with E-state index >= 15 is 0 Å². The highest BCUT2D eigenvalue weighted by molar-refractivity contribution is 5.79. The summed E-state index contributed by atoms with van der Waals surface area (Å²) in [6, 6.07) is 7.20. The highest BCUT2D eigenvalue weighted by atomic mass is 16.3. The molecule has 1 heterocycles. The summed E-state index contributed by atoms with van der Waals surface area (Å²) in [4.78, 5) is 8.59. The van der Waals surface area contributed by atoms with E-state index in [4.69, 9.17) is 10.5 Å². The van der Waals surface area contributed by atoms with E-state index in [2.05, 4.69) is 9.98 Å². The molecule has 0 aliphatic carbocycles. The normalized spacial score (nSPS) is 11.3. The minimum absolute atomic E-state index is 0.0480. The van der Waals surface area contributed by atoms with E-state index in [9.17, 15) is 5.11 Å². The first kappa shape index (κ1) is 13.7. The minimum atomic E-state index is -0.0480. The number of nitriles is 2. The van der Waals surface area contributed by atoms with Crippen LogP contribution < -0.4 is 5.49 Å². The predicted octanol–water partition coefficient (Wildman–Crippen LogP) is 0.611. The summed E-state index contributed by atoms with van der Waals surface area (Å²) >= 11 is 0. The van der Waals surface area contributed by atoms with Gasteiger partial charge < -0.3 is 9.67 Å². The monoisotopic (exact) mass is 267 g/mol. The van der Waals surface area contributed by atoms with Gasteiger partial charge in [-0.05, 0) is 19.1 Å². The molecule has 0 saturated carbocycles. The number of aryl methyl sites for hydroxylation is 1. The fourth-order valence-electron chi connectivity index (χ4n) is 2.22. The number of hydrogen-bond donors (Lipinski definition) is 1. The topological polar surface area (TPSA) is 98.0 Å². The van der Waals surface area contributed by atoms with Gasteiger partial charge in [-0.25, -0.2) is 4.98 Å². The minimum Gasteiger partial charge on any atom is -0.395 e. The van der Waals surface area contributed by atoms with Crippen LogP contribution in [0.2, 0.25) is 0 Å². The second kappa shape index (κ2) is 5.52. The van der Waals surface area contributed by atoms with Crippen LogP contribution in [0, 0.1) is 29.6 Å². The van der Waals surface area contributed by atoms with Crippen molar-refractivity contribution in [2.75, 3.05) is 13.7 Å². The summed E-state index contributed by atoms with van der Waals surface area (Å²) in [5.74, 6) is 0. The standard InChI is InChI=1S/C14H13N5O/c1-9-14(17-2)19(3-4-20)13-6-11(8-16)10(7-15)5-12(13)18-9/h5-6,20H,3-4H2,1-2H3. The number of aliphatic hydroxyl groups is 1. The first-order chi connectivity index (χ1) is 9.65. The van der Waals surface area contributed by atoms with Crippen molar-refractivity contribution in [2.24, 2.45) is 4.99 Å². The van der Waals surface area contributed by atoms with Crippen LogP contribution in [0.1, 0.15) is 16.8 Å². The number of hydrogen-bond acceptors (Lipinski definition) is 5. The Morgan fingerprint density at radius 3 is 2.50 bits per heavy atom. The second-order valence-corrected chi connectivity index (χ2v) is 4.23. The Morgan fingerprint density at radius 1 is 1.30 bits per heavy atom. The van der Waals surface area contributed by atoms with Crippen molar-refractivity contribution in [3.8, 4) is 12.1 Å². The number of aromatic nitrogens is 2. The Kier molecular flexibility index (Phi) is 3.79. The van der Waals surface area contributed by atoms with Crippen molar-refractivity contribution in [3.63, 3.8) is 0 Å². The Bertz CT molecular complexity index is 821.